The van der Waals surface area contributed by atoms with E-state index >= 15 is 0 Å². The molecule has 9 nitrogen and oxygen atoms in total. The van der Waals surface area contributed by atoms with E-state index in [9.17, 15) is 19.2 Å². The van der Waals surface area contributed by atoms with E-state index in [2.05, 4.69) is 16.0 Å². The van der Waals surface area contributed by atoms with Gasteiger partial charge in [0.2, 0.25) is 23.6 Å². The summed E-state index contributed by atoms with van der Waals surface area (Å²) in [7, 11) is 1.59. The van der Waals surface area contributed by atoms with Gasteiger partial charge in [-0.3, -0.25) is 19.2 Å². The van der Waals surface area contributed by atoms with Gasteiger partial charge in [-0.15, -0.1) is 0 Å². The number of hydrogen-bond donors (Lipinski definition) is 4. The van der Waals surface area contributed by atoms with Gasteiger partial charge in [-0.25, -0.2) is 0 Å². The second-order valence-electron chi connectivity index (χ2n) is 10.6. The standard InChI is InChI=1S/C29H37N5O4/c1-16(2)23(32-26(35)17(3)30)29(38)34-15-22(18-10-6-5-7-11-18)25(34)28(37)33-24-20-13-9-8-12-19(20)14-21(24)27(36)31-4/h5-13,16-17,21-25H,14-15,30H2,1-4H3,(H,31,36)(H,32,35)(H,33,37). The largest absolute Gasteiger partial charge is 0.359 e. The summed E-state index contributed by atoms with van der Waals surface area (Å²) in [6, 6.07) is 14.5. The van der Waals surface area contributed by atoms with E-state index in [4.69, 9.17) is 5.73 Å². The van der Waals surface area contributed by atoms with Gasteiger partial charge in [0.1, 0.15) is 12.1 Å². The molecule has 4 rings (SSSR count). The molecule has 2 aromatic rings. The van der Waals surface area contributed by atoms with E-state index in [0.29, 0.717) is 13.0 Å². The molecule has 0 spiro atoms. The van der Waals surface area contributed by atoms with Gasteiger partial charge < -0.3 is 26.6 Å². The van der Waals surface area contributed by atoms with Crippen molar-refractivity contribution in [2.75, 3.05) is 13.6 Å². The van der Waals surface area contributed by atoms with Crippen LogP contribution in [0.3, 0.4) is 0 Å². The number of fused-ring (bicyclic) bond motifs is 1. The number of benzene rings is 2. The van der Waals surface area contributed by atoms with Crippen LogP contribution in [-0.2, 0) is 25.6 Å². The van der Waals surface area contributed by atoms with Gasteiger partial charge in [0.15, 0.2) is 0 Å². The summed E-state index contributed by atoms with van der Waals surface area (Å²) in [6.07, 6.45) is 0.523. The van der Waals surface area contributed by atoms with Crippen LogP contribution in [0, 0.1) is 11.8 Å². The number of rotatable bonds is 8. The maximum atomic E-state index is 13.9. The van der Waals surface area contributed by atoms with Gasteiger partial charge in [0.05, 0.1) is 18.0 Å². The van der Waals surface area contributed by atoms with Crippen molar-refractivity contribution in [3.63, 3.8) is 0 Å². The van der Waals surface area contributed by atoms with E-state index in [1.807, 2.05) is 68.4 Å². The molecule has 4 amide bonds. The van der Waals surface area contributed by atoms with Crippen molar-refractivity contribution in [1.29, 1.82) is 0 Å². The minimum atomic E-state index is -0.814. The number of carbonyl (C=O) groups excluding carboxylic acids is 4. The Hall–Kier alpha value is -3.72. The molecule has 6 unspecified atom stereocenters. The average Bonchev–Trinajstić information content (AvgIpc) is 3.24. The average molecular weight is 520 g/mol. The lowest BCUT2D eigenvalue weighted by Crippen LogP contribution is -2.67. The summed E-state index contributed by atoms with van der Waals surface area (Å²) >= 11 is 0. The van der Waals surface area contributed by atoms with Gasteiger partial charge in [-0.05, 0) is 36.0 Å². The third kappa shape index (κ3) is 5.29. The van der Waals surface area contributed by atoms with E-state index in [-0.39, 0.29) is 29.6 Å². The van der Waals surface area contributed by atoms with Crippen LogP contribution in [-0.4, -0.2) is 60.2 Å². The monoisotopic (exact) mass is 519 g/mol. The molecule has 1 aliphatic heterocycles. The van der Waals surface area contributed by atoms with Crippen LogP contribution in [0.1, 0.15) is 49.4 Å². The molecular formula is C29H37N5O4. The number of nitrogens with zero attached hydrogens (tertiary/aromatic N) is 1. The quantitative estimate of drug-likeness (QED) is 0.417. The first-order chi connectivity index (χ1) is 18.1. The number of carbonyl (C=O) groups is 4. The van der Waals surface area contributed by atoms with Gasteiger partial charge in [0.25, 0.3) is 0 Å². The van der Waals surface area contributed by atoms with Crippen LogP contribution in [0.5, 0.6) is 0 Å². The Balaban J connectivity index is 1.63. The molecule has 0 bridgehead atoms. The lowest BCUT2D eigenvalue weighted by Gasteiger charge is -2.49. The Morgan fingerprint density at radius 1 is 0.947 bits per heavy atom. The Bertz CT molecular complexity index is 1200. The van der Waals surface area contributed by atoms with Crippen molar-refractivity contribution < 1.29 is 19.2 Å². The Kier molecular flexibility index (Phi) is 8.16. The fourth-order valence-electron chi connectivity index (χ4n) is 5.46. The number of nitrogens with one attached hydrogen (secondary N) is 3. The number of hydrogen-bond acceptors (Lipinski definition) is 5. The zero-order valence-electron chi connectivity index (χ0n) is 22.3. The molecule has 9 heteroatoms. The van der Waals surface area contributed by atoms with Crippen molar-refractivity contribution >= 4 is 23.6 Å². The maximum Gasteiger partial charge on any atom is 0.246 e. The molecule has 1 fully saturated rings. The molecule has 2 aliphatic rings. The normalized spacial score (nSPS) is 23.6. The first-order valence-electron chi connectivity index (χ1n) is 13.1. The summed E-state index contributed by atoms with van der Waals surface area (Å²) in [5.41, 5.74) is 8.61. The SMILES string of the molecule is CNC(=O)C1Cc2ccccc2C1NC(=O)C1C(c2ccccc2)CN1C(=O)C(NC(=O)C(C)N)C(C)C. The van der Waals surface area contributed by atoms with E-state index in [1.165, 1.54) is 4.90 Å². The van der Waals surface area contributed by atoms with Gasteiger partial charge in [-0.2, -0.15) is 0 Å². The molecule has 6 atom stereocenters. The van der Waals surface area contributed by atoms with Crippen LogP contribution < -0.4 is 21.7 Å². The maximum absolute atomic E-state index is 13.9. The lowest BCUT2D eigenvalue weighted by atomic mass is 9.80. The minimum absolute atomic E-state index is 0.147. The van der Waals surface area contributed by atoms with E-state index in [1.54, 1.807) is 14.0 Å². The molecule has 1 aliphatic carbocycles. The van der Waals surface area contributed by atoms with E-state index in [0.717, 1.165) is 16.7 Å². The number of amides is 4. The van der Waals surface area contributed by atoms with Gasteiger partial charge in [-0.1, -0.05) is 68.4 Å². The van der Waals surface area contributed by atoms with Crippen molar-refractivity contribution in [3.8, 4) is 0 Å². The molecule has 2 aromatic carbocycles. The highest BCUT2D eigenvalue weighted by atomic mass is 16.2. The fourth-order valence-corrected chi connectivity index (χ4v) is 5.46. The summed E-state index contributed by atoms with van der Waals surface area (Å²) in [4.78, 5) is 54.2. The Labute approximate surface area is 223 Å². The molecule has 202 valence electrons. The second-order valence-corrected chi connectivity index (χ2v) is 10.6. The zero-order chi connectivity index (χ0) is 27.6. The summed E-state index contributed by atoms with van der Waals surface area (Å²) in [5.74, 6) is -2.09. The highest BCUT2D eigenvalue weighted by molar-refractivity contribution is 5.95. The van der Waals surface area contributed by atoms with Gasteiger partial charge in [0, 0.05) is 19.5 Å². The molecule has 0 radical (unpaired) electrons. The number of likely N-dealkylation sites (tertiary alicyclic amines) is 1. The predicted molar refractivity (Wildman–Crippen MR) is 144 cm³/mol. The highest BCUT2D eigenvalue weighted by Crippen LogP contribution is 2.39. The number of nitrogens with two attached hydrogens (primary N) is 1. The molecule has 1 heterocycles. The van der Waals surface area contributed by atoms with E-state index < -0.39 is 36.0 Å². The molecule has 5 N–H and O–H groups in total. The Morgan fingerprint density at radius 3 is 2.24 bits per heavy atom. The summed E-state index contributed by atoms with van der Waals surface area (Å²) in [6.45, 7) is 5.59. The molecule has 1 saturated heterocycles. The van der Waals surface area contributed by atoms with Crippen LogP contribution in [0.4, 0.5) is 0 Å². The predicted octanol–water partition coefficient (Wildman–Crippen LogP) is 1.24. The first kappa shape index (κ1) is 27.3. The van der Waals surface area contributed by atoms with Crippen LogP contribution in [0.15, 0.2) is 54.6 Å². The summed E-state index contributed by atoms with van der Waals surface area (Å²) in [5, 5.41) is 8.58. The zero-order valence-corrected chi connectivity index (χ0v) is 22.3. The minimum Gasteiger partial charge on any atom is -0.359 e. The van der Waals surface area contributed by atoms with Crippen molar-refractivity contribution in [2.45, 2.75) is 57.3 Å². The lowest BCUT2D eigenvalue weighted by molar-refractivity contribution is -0.153. The topological polar surface area (TPSA) is 134 Å². The smallest absolute Gasteiger partial charge is 0.246 e. The Morgan fingerprint density at radius 2 is 1.61 bits per heavy atom. The fraction of sp³-hybridized carbons (Fsp3) is 0.448. The summed E-state index contributed by atoms with van der Waals surface area (Å²) < 4.78 is 0. The van der Waals surface area contributed by atoms with Crippen LogP contribution in [0.25, 0.3) is 0 Å². The van der Waals surface area contributed by atoms with Crippen molar-refractivity contribution in [1.82, 2.24) is 20.9 Å². The van der Waals surface area contributed by atoms with Crippen molar-refractivity contribution in [3.05, 3.63) is 71.3 Å². The first-order valence-corrected chi connectivity index (χ1v) is 13.1. The molecule has 0 aromatic heterocycles. The molecule has 0 saturated carbocycles. The molecule has 38 heavy (non-hydrogen) atoms. The highest BCUT2D eigenvalue weighted by Gasteiger charge is 2.50. The van der Waals surface area contributed by atoms with Crippen LogP contribution >= 0.6 is 0 Å². The van der Waals surface area contributed by atoms with Crippen LogP contribution in [0.2, 0.25) is 0 Å². The third-order valence-corrected chi connectivity index (χ3v) is 7.65. The van der Waals surface area contributed by atoms with Gasteiger partial charge >= 0.3 is 0 Å². The molecular weight excluding hydrogens is 482 g/mol. The second kappa shape index (κ2) is 11.3. The van der Waals surface area contributed by atoms with Crippen molar-refractivity contribution in [2.24, 2.45) is 17.6 Å². The third-order valence-electron chi connectivity index (χ3n) is 7.65.